The smallest absolute Gasteiger partial charge is 0.320 e. The molecular weight excluding hydrogens is 530 g/mol. The highest BCUT2D eigenvalue weighted by molar-refractivity contribution is 7.95. The number of anilines is 1. The highest BCUT2D eigenvalue weighted by Gasteiger charge is 2.36. The lowest BCUT2D eigenvalue weighted by molar-refractivity contribution is -0.141. The molecule has 0 radical (unpaired) electrons. The summed E-state index contributed by atoms with van der Waals surface area (Å²) < 4.78 is 42.6. The molecule has 3 rings (SSSR count). The summed E-state index contributed by atoms with van der Waals surface area (Å²) in [6.07, 6.45) is -3.54. The summed E-state index contributed by atoms with van der Waals surface area (Å²) in [6.45, 7) is 1.58. The summed E-state index contributed by atoms with van der Waals surface area (Å²) in [6, 6.07) is 6.25. The average molecular weight is 548 g/mol. The Morgan fingerprint density at radius 1 is 1.14 bits per heavy atom. The van der Waals surface area contributed by atoms with Gasteiger partial charge in [-0.05, 0) is 50.8 Å². The van der Waals surface area contributed by atoms with E-state index in [-0.39, 0.29) is 27.1 Å². The summed E-state index contributed by atoms with van der Waals surface area (Å²) in [5.74, 6) is -1.80. The molecule has 15 heteroatoms. The molecule has 0 saturated carbocycles. The fourth-order valence-electron chi connectivity index (χ4n) is 2.87. The van der Waals surface area contributed by atoms with Crippen molar-refractivity contribution in [2.24, 2.45) is 0 Å². The quantitative estimate of drug-likeness (QED) is 0.295. The molecule has 0 aliphatic carbocycles. The van der Waals surface area contributed by atoms with Crippen LogP contribution in [0.2, 0.25) is 10.0 Å². The lowest BCUT2D eigenvalue weighted by atomic mass is 10.1. The Labute approximate surface area is 212 Å². The van der Waals surface area contributed by atoms with Gasteiger partial charge in [0.05, 0.1) is 16.3 Å². The van der Waals surface area contributed by atoms with E-state index in [9.17, 15) is 22.8 Å². The van der Waals surface area contributed by atoms with E-state index < -0.39 is 29.4 Å². The number of rotatable bonds is 7. The molecule has 0 atom stereocenters. The molecule has 2 aromatic heterocycles. The third kappa shape index (κ3) is 6.44. The van der Waals surface area contributed by atoms with Gasteiger partial charge in [0.25, 0.3) is 11.8 Å². The number of halogens is 5. The van der Waals surface area contributed by atoms with E-state index in [0.717, 1.165) is 12.1 Å². The van der Waals surface area contributed by atoms with Gasteiger partial charge in [0.2, 0.25) is 0 Å². The number of benzene rings is 1. The number of hydrogen-bond acceptors (Lipinski definition) is 7. The molecule has 0 bridgehead atoms. The van der Waals surface area contributed by atoms with Crippen LogP contribution in [-0.4, -0.2) is 45.0 Å². The molecule has 0 aliphatic heterocycles. The molecule has 0 aliphatic rings. The Kier molecular flexibility index (Phi) is 8.28. The van der Waals surface area contributed by atoms with E-state index in [0.29, 0.717) is 16.3 Å². The monoisotopic (exact) mass is 547 g/mol. The third-order valence-electron chi connectivity index (χ3n) is 4.35. The van der Waals surface area contributed by atoms with Gasteiger partial charge in [-0.1, -0.05) is 23.2 Å². The second-order valence-electron chi connectivity index (χ2n) is 7.19. The summed E-state index contributed by atoms with van der Waals surface area (Å²) in [5, 5.41) is 6.18. The van der Waals surface area contributed by atoms with Crippen molar-refractivity contribution >= 4 is 52.8 Å². The van der Waals surface area contributed by atoms with E-state index in [2.05, 4.69) is 25.7 Å². The molecule has 2 heterocycles. The van der Waals surface area contributed by atoms with Crippen molar-refractivity contribution in [1.82, 2.24) is 29.3 Å². The van der Waals surface area contributed by atoms with Crippen LogP contribution in [0, 0.1) is 6.92 Å². The number of nitrogens with zero attached hydrogens (tertiary/aromatic N) is 4. The predicted octanol–water partition coefficient (Wildman–Crippen LogP) is 4.51. The van der Waals surface area contributed by atoms with Crippen molar-refractivity contribution in [3.05, 3.63) is 69.1 Å². The zero-order chi connectivity index (χ0) is 25.9. The van der Waals surface area contributed by atoms with E-state index in [1.165, 1.54) is 30.5 Å². The first-order valence-electron chi connectivity index (χ1n) is 9.67. The standard InChI is InChI=1S/C20H18Cl2F3N7O2S/c1-10-7-11(21)8-12(18(33)28-30-35-31(2)3)16(10)27-19(34)14-9-15(20(23,24)25)29-32(14)17-13(22)5-4-6-26-17/h4-9,30H,1-3H3,(H,27,34)(H,28,33). The van der Waals surface area contributed by atoms with Crippen molar-refractivity contribution in [2.45, 2.75) is 13.1 Å². The van der Waals surface area contributed by atoms with E-state index in [4.69, 9.17) is 23.2 Å². The van der Waals surface area contributed by atoms with E-state index in [1.807, 2.05) is 0 Å². The summed E-state index contributed by atoms with van der Waals surface area (Å²) in [5.41, 5.74) is 1.04. The lowest BCUT2D eigenvalue weighted by Crippen LogP contribution is -2.35. The van der Waals surface area contributed by atoms with Crippen molar-refractivity contribution in [3.8, 4) is 5.82 Å². The summed E-state index contributed by atoms with van der Waals surface area (Å²) in [4.78, 5) is 32.5. The number of aryl methyl sites for hydroxylation is 1. The van der Waals surface area contributed by atoms with Crippen LogP contribution in [0.3, 0.4) is 0 Å². The topological polar surface area (TPSA) is 104 Å². The second kappa shape index (κ2) is 10.8. The molecule has 0 spiro atoms. The minimum atomic E-state index is -4.83. The number of aromatic nitrogens is 3. The molecule has 9 nitrogen and oxygen atoms in total. The van der Waals surface area contributed by atoms with Gasteiger partial charge in [-0.2, -0.15) is 23.1 Å². The van der Waals surface area contributed by atoms with Crippen LogP contribution in [0.25, 0.3) is 5.82 Å². The molecule has 3 aromatic rings. The largest absolute Gasteiger partial charge is 0.435 e. The number of pyridine rings is 1. The molecular formula is C20H18Cl2F3N7O2S. The van der Waals surface area contributed by atoms with Crippen LogP contribution in [-0.2, 0) is 6.18 Å². The van der Waals surface area contributed by atoms with Crippen LogP contribution < -0.4 is 15.6 Å². The zero-order valence-electron chi connectivity index (χ0n) is 18.4. The van der Waals surface area contributed by atoms with Crippen molar-refractivity contribution in [2.75, 3.05) is 19.4 Å². The predicted molar refractivity (Wildman–Crippen MR) is 127 cm³/mol. The van der Waals surface area contributed by atoms with E-state index in [1.54, 1.807) is 25.3 Å². The van der Waals surface area contributed by atoms with Gasteiger partial charge < -0.3 is 5.32 Å². The maximum Gasteiger partial charge on any atom is 0.435 e. The molecule has 0 unspecified atom stereocenters. The molecule has 0 fully saturated rings. The first-order chi connectivity index (χ1) is 16.4. The highest BCUT2D eigenvalue weighted by atomic mass is 35.5. The van der Waals surface area contributed by atoms with Gasteiger partial charge in [-0.3, -0.25) is 15.0 Å². The first-order valence-corrected chi connectivity index (χ1v) is 11.2. The number of carbonyl (C=O) groups is 2. The summed E-state index contributed by atoms with van der Waals surface area (Å²) in [7, 11) is 3.48. The first kappa shape index (κ1) is 26.8. The molecule has 186 valence electrons. The average Bonchev–Trinajstić information content (AvgIpc) is 3.21. The fourth-order valence-corrected chi connectivity index (χ4v) is 3.66. The molecule has 1 aromatic carbocycles. The second-order valence-corrected chi connectivity index (χ2v) is 9.15. The third-order valence-corrected chi connectivity index (χ3v) is 5.42. The van der Waals surface area contributed by atoms with Crippen molar-refractivity contribution in [1.29, 1.82) is 0 Å². The van der Waals surface area contributed by atoms with Gasteiger partial charge in [-0.25, -0.2) is 14.0 Å². The Morgan fingerprint density at radius 3 is 2.49 bits per heavy atom. The Morgan fingerprint density at radius 2 is 1.86 bits per heavy atom. The number of nitrogens with one attached hydrogen (secondary N) is 3. The van der Waals surface area contributed by atoms with Crippen LogP contribution in [0.4, 0.5) is 18.9 Å². The molecule has 2 amide bonds. The maximum absolute atomic E-state index is 13.4. The number of amides is 2. The van der Waals surface area contributed by atoms with Crippen molar-refractivity contribution in [3.63, 3.8) is 0 Å². The molecule has 35 heavy (non-hydrogen) atoms. The Hall–Kier alpha value is -2.84. The molecule has 0 saturated heterocycles. The van der Waals surface area contributed by atoms with Gasteiger partial charge in [0.1, 0.15) is 5.69 Å². The fraction of sp³-hybridized carbons (Fsp3) is 0.200. The number of hydrogen-bond donors (Lipinski definition) is 3. The lowest BCUT2D eigenvalue weighted by Gasteiger charge is -2.16. The van der Waals surface area contributed by atoms with Gasteiger partial charge in [0, 0.05) is 29.4 Å². The maximum atomic E-state index is 13.4. The molecule has 3 N–H and O–H groups in total. The van der Waals surface area contributed by atoms with Crippen LogP contribution in [0.1, 0.15) is 32.1 Å². The van der Waals surface area contributed by atoms with Gasteiger partial charge >= 0.3 is 6.18 Å². The van der Waals surface area contributed by atoms with Gasteiger partial charge in [0.15, 0.2) is 11.5 Å². The number of carbonyl (C=O) groups excluding carboxylic acids is 2. The normalized spacial score (nSPS) is 11.6. The summed E-state index contributed by atoms with van der Waals surface area (Å²) >= 11 is 13.3. The van der Waals surface area contributed by atoms with Gasteiger partial charge in [-0.15, -0.1) is 0 Å². The SMILES string of the molecule is Cc1cc(Cl)cc(C(=O)NNSN(C)C)c1NC(=O)c1cc(C(F)(F)F)nn1-c1ncccc1Cl. The van der Waals surface area contributed by atoms with Crippen LogP contribution in [0.15, 0.2) is 36.5 Å². The van der Waals surface area contributed by atoms with Crippen LogP contribution in [0.5, 0.6) is 0 Å². The minimum absolute atomic E-state index is 0.0202. The Balaban J connectivity index is 2.02. The highest BCUT2D eigenvalue weighted by Crippen LogP contribution is 2.31. The number of alkyl halides is 3. The zero-order valence-corrected chi connectivity index (χ0v) is 20.7. The van der Waals surface area contributed by atoms with Crippen LogP contribution >= 0.6 is 35.3 Å². The number of hydrazine groups is 1. The van der Waals surface area contributed by atoms with Crippen molar-refractivity contribution < 1.29 is 22.8 Å². The minimum Gasteiger partial charge on any atom is -0.320 e. The Bertz CT molecular complexity index is 1270. The van der Waals surface area contributed by atoms with E-state index >= 15 is 0 Å².